The van der Waals surface area contributed by atoms with Gasteiger partial charge in [0.1, 0.15) is 0 Å². The monoisotopic (exact) mass is 1490 g/mol. The van der Waals surface area contributed by atoms with Crippen molar-refractivity contribution in [3.63, 3.8) is 0 Å². The van der Waals surface area contributed by atoms with Gasteiger partial charge in [0.25, 0.3) is 0 Å². The van der Waals surface area contributed by atoms with Crippen LogP contribution in [0.4, 0.5) is 4.79 Å². The Hall–Kier alpha value is -1.66. The first kappa shape index (κ1) is 91.5. The van der Waals surface area contributed by atoms with Crippen LogP contribution in [0.25, 0.3) is 0 Å². The molecule has 0 aromatic rings. The summed E-state index contributed by atoms with van der Waals surface area (Å²) in [6, 6.07) is 0.385. The molecule has 3 fully saturated rings. The summed E-state index contributed by atoms with van der Waals surface area (Å²) >= 11 is 1.90. The fourth-order valence-electron chi connectivity index (χ4n) is 9.14. The largest absolute Gasteiger partial charge is 0.377 e. The molecule has 4 amide bonds. The minimum atomic E-state index is -0.0653. The molecule has 3 aliphatic rings. The highest BCUT2D eigenvalue weighted by Crippen LogP contribution is 2.40. The Morgan fingerprint density at radius 1 is 0.323 bits per heavy atom. The number of ether oxygens (including phenoxy) is 23. The Morgan fingerprint density at radius 2 is 0.566 bits per heavy atom. The van der Waals surface area contributed by atoms with Crippen molar-refractivity contribution in [3.8, 4) is 0 Å². The van der Waals surface area contributed by atoms with E-state index in [1.165, 1.54) is 18.6 Å². The molecule has 3 aliphatic heterocycles. The van der Waals surface area contributed by atoms with Crippen molar-refractivity contribution in [1.29, 1.82) is 0 Å². The molecule has 0 aromatic carbocycles. The van der Waals surface area contributed by atoms with Crippen LogP contribution in [0.1, 0.15) is 57.8 Å². The van der Waals surface area contributed by atoms with E-state index < -0.39 is 0 Å². The molecule has 99 heavy (non-hydrogen) atoms. The molecule has 0 aromatic heterocycles. The molecule has 33 heteroatoms. The third kappa shape index (κ3) is 63.3. The van der Waals surface area contributed by atoms with Crippen molar-refractivity contribution in [2.75, 3.05) is 329 Å². The van der Waals surface area contributed by atoms with E-state index in [1.807, 2.05) is 33.3 Å². The predicted octanol–water partition coefficient (Wildman–Crippen LogP) is 3.04. The van der Waals surface area contributed by atoms with E-state index in [9.17, 15) is 14.4 Å². The van der Waals surface area contributed by atoms with E-state index in [1.54, 1.807) is 0 Å². The predicted molar refractivity (Wildman–Crippen MR) is 376 cm³/mol. The number of amides is 4. The number of hydrogen-bond donors (Lipinski definition) is 4. The van der Waals surface area contributed by atoms with Gasteiger partial charge in [-0.2, -0.15) is 11.8 Å². The van der Waals surface area contributed by atoms with Crippen LogP contribution >= 0.6 is 33.3 Å². The van der Waals surface area contributed by atoms with Gasteiger partial charge in [0, 0.05) is 47.9 Å². The summed E-state index contributed by atoms with van der Waals surface area (Å²) in [5.41, 5.74) is 0. The van der Waals surface area contributed by atoms with Gasteiger partial charge in [0.05, 0.1) is 316 Å². The quantitative estimate of drug-likeness (QED) is 0.0386. The maximum Gasteiger partial charge on any atom is 0.315 e. The summed E-state index contributed by atoms with van der Waals surface area (Å²) < 4.78 is 127. The van der Waals surface area contributed by atoms with Gasteiger partial charge in [0.2, 0.25) is 11.8 Å². The number of thioether (sulfide) groups is 1. The molecule has 0 aliphatic carbocycles. The van der Waals surface area contributed by atoms with Crippen LogP contribution in [-0.4, -0.2) is 369 Å². The Bertz CT molecular complexity index is 1750. The molecule has 3 rings (SSSR count). The van der Waals surface area contributed by atoms with E-state index in [4.69, 9.17) is 109 Å². The van der Waals surface area contributed by atoms with Crippen LogP contribution in [0.3, 0.4) is 0 Å². The molecule has 0 radical (unpaired) electrons. The molecule has 3 heterocycles. The zero-order valence-electron chi connectivity index (χ0n) is 59.4. The van der Waals surface area contributed by atoms with Gasteiger partial charge in [0.15, 0.2) is 0 Å². The Kier molecular flexibility index (Phi) is 69.0. The summed E-state index contributed by atoms with van der Waals surface area (Å²) in [7, 11) is 3.96. The highest BCUT2D eigenvalue weighted by Gasteiger charge is 2.42. The van der Waals surface area contributed by atoms with E-state index in [0.717, 1.165) is 43.1 Å². The molecule has 4 atom stereocenters. The summed E-state index contributed by atoms with van der Waals surface area (Å²) in [6.07, 6.45) is 8.48. The molecule has 0 bridgehead atoms. The zero-order valence-corrected chi connectivity index (χ0v) is 61.8. The maximum atomic E-state index is 12.1. The molecule has 0 spiro atoms. The fourth-order valence-corrected chi connectivity index (χ4v) is 13.7. The third-order valence-electron chi connectivity index (χ3n) is 14.3. The first-order valence-corrected chi connectivity index (χ1v) is 39.3. The second kappa shape index (κ2) is 74.6. The second-order valence-corrected chi connectivity index (χ2v) is 26.3. The normalized spacial score (nSPS) is 16.7. The molecular formula is C66H126N4O26S3. The second-order valence-electron chi connectivity index (χ2n) is 22.2. The lowest BCUT2D eigenvalue weighted by Crippen LogP contribution is -2.36. The Balaban J connectivity index is 0.831. The molecule has 4 unspecified atom stereocenters. The number of unbranched alkanes of at least 4 members (excludes halogenated alkanes) is 2. The van der Waals surface area contributed by atoms with Gasteiger partial charge in [-0.25, -0.2) is 4.79 Å². The summed E-state index contributed by atoms with van der Waals surface area (Å²) in [5.74, 6) is 2.35. The number of carbonyl (C=O) groups is 3. The Labute approximate surface area is 602 Å². The van der Waals surface area contributed by atoms with Gasteiger partial charge in [-0.3, -0.25) is 9.59 Å². The highest BCUT2D eigenvalue weighted by atomic mass is 33.1. The van der Waals surface area contributed by atoms with E-state index in [2.05, 4.69) is 21.3 Å². The lowest BCUT2D eigenvalue weighted by molar-refractivity contribution is -0.122. The summed E-state index contributed by atoms with van der Waals surface area (Å²) in [6.45, 7) is 23.0. The lowest BCUT2D eigenvalue weighted by atomic mass is 10.0. The maximum absolute atomic E-state index is 12.1. The van der Waals surface area contributed by atoms with E-state index in [-0.39, 0.29) is 29.9 Å². The minimum Gasteiger partial charge on any atom is -0.377 e. The van der Waals surface area contributed by atoms with Gasteiger partial charge in [-0.05, 0) is 32.1 Å². The number of fused-ring (bicyclic) bond motifs is 1. The zero-order chi connectivity index (χ0) is 70.0. The molecule has 4 N–H and O–H groups in total. The highest BCUT2D eigenvalue weighted by molar-refractivity contribution is 8.77. The number of nitrogens with one attached hydrogen (secondary N) is 4. The average Bonchev–Trinajstić information content (AvgIpc) is 1.67. The standard InChI is InChI=1S/C66H126N4O26S3/c71-63(7-3-1-5-60-9-58-98-99-60)67-10-12-74-14-16-76-18-20-78-22-24-80-26-28-82-30-32-84-34-36-86-38-40-88-42-44-90-46-48-92-50-52-94-54-56-96-57-55-95-53-51-93-49-47-91-45-43-89-41-39-87-37-35-85-33-31-83-29-27-81-25-23-79-21-19-77-17-15-75-13-11-68-64(72)8-4-2-6-62-65-61(59-97-62)69-66(73)70-65/h60-62,65H,1-59H2,(H,67,71)(H,68,72)(H2,69,70,73). The van der Waals surface area contributed by atoms with Gasteiger partial charge in [-0.15, -0.1) is 0 Å². The molecule has 30 nitrogen and oxygen atoms in total. The van der Waals surface area contributed by atoms with Crippen molar-refractivity contribution in [2.45, 2.75) is 80.4 Å². The summed E-state index contributed by atoms with van der Waals surface area (Å²) in [4.78, 5) is 35.6. The number of carbonyl (C=O) groups excluding carboxylic acids is 3. The van der Waals surface area contributed by atoms with Crippen LogP contribution in [-0.2, 0) is 119 Å². The van der Waals surface area contributed by atoms with Crippen molar-refractivity contribution >= 4 is 51.2 Å². The molecule has 3 saturated heterocycles. The van der Waals surface area contributed by atoms with Crippen molar-refractivity contribution in [1.82, 2.24) is 21.3 Å². The van der Waals surface area contributed by atoms with Crippen LogP contribution in [0.15, 0.2) is 0 Å². The van der Waals surface area contributed by atoms with Gasteiger partial charge in [-0.1, -0.05) is 34.4 Å². The molecule has 584 valence electrons. The number of hydrogen-bond acceptors (Lipinski definition) is 29. The Morgan fingerprint density at radius 3 is 0.808 bits per heavy atom. The van der Waals surface area contributed by atoms with Crippen LogP contribution < -0.4 is 21.3 Å². The fraction of sp³-hybridized carbons (Fsp3) is 0.955. The SMILES string of the molecule is O=C(CCCCC1CCSS1)NCCOCCOCCOCCOCCOCCOCCOCCOCCOCCOCCOCCOCCOCCOCCOCCOCCOCCOCCOCCOCCOCCOCCOCCNC(=O)CCCCC1SCC2NC(=O)NC21. The van der Waals surface area contributed by atoms with Gasteiger partial charge < -0.3 is 130 Å². The first-order chi connectivity index (χ1) is 49.1. The lowest BCUT2D eigenvalue weighted by Gasteiger charge is -2.16. The minimum absolute atomic E-state index is 0.0371. The average molecular weight is 1490 g/mol. The van der Waals surface area contributed by atoms with Crippen molar-refractivity contribution in [3.05, 3.63) is 0 Å². The van der Waals surface area contributed by atoms with Crippen molar-refractivity contribution in [2.24, 2.45) is 0 Å². The van der Waals surface area contributed by atoms with Crippen LogP contribution in [0, 0.1) is 0 Å². The molecular weight excluding hydrogens is 1360 g/mol. The van der Waals surface area contributed by atoms with E-state index in [0.29, 0.717) is 335 Å². The number of rotatable bonds is 82. The first-order valence-electron chi connectivity index (χ1n) is 35.9. The summed E-state index contributed by atoms with van der Waals surface area (Å²) in [5, 5.41) is 13.0. The third-order valence-corrected chi connectivity index (χ3v) is 18.8. The molecule has 0 saturated carbocycles. The van der Waals surface area contributed by atoms with E-state index >= 15 is 0 Å². The smallest absolute Gasteiger partial charge is 0.315 e. The topological polar surface area (TPSA) is 312 Å². The van der Waals surface area contributed by atoms with Crippen LogP contribution in [0.2, 0.25) is 0 Å². The van der Waals surface area contributed by atoms with Crippen molar-refractivity contribution < 1.29 is 123 Å². The van der Waals surface area contributed by atoms with Crippen LogP contribution in [0.5, 0.6) is 0 Å². The number of urea groups is 1. The van der Waals surface area contributed by atoms with Gasteiger partial charge >= 0.3 is 6.03 Å².